The lowest BCUT2D eigenvalue weighted by molar-refractivity contribution is 0.0690. The molecule has 106 valence electrons. The monoisotopic (exact) mass is 296 g/mol. The van der Waals surface area contributed by atoms with Gasteiger partial charge in [-0.2, -0.15) is 0 Å². The number of aryl methyl sites for hydroxylation is 1. The van der Waals surface area contributed by atoms with E-state index in [2.05, 4.69) is 19.7 Å². The minimum absolute atomic E-state index is 0.00724. The van der Waals surface area contributed by atoms with Crippen LogP contribution in [0.1, 0.15) is 21.9 Å². The molecular weight excluding hydrogens is 284 g/mol. The summed E-state index contributed by atoms with van der Waals surface area (Å²) in [5, 5.41) is 8.68. The number of nitrogens with zero attached hydrogens (tertiary/aromatic N) is 2. The van der Waals surface area contributed by atoms with Crippen molar-refractivity contribution in [1.82, 2.24) is 19.7 Å². The Balaban J connectivity index is 2.06. The zero-order chi connectivity index (χ0) is 14.8. The number of H-pyrrole nitrogens is 1. The molecule has 9 heteroatoms. The molecule has 0 aliphatic carbocycles. The number of aromatic nitrogens is 3. The largest absolute Gasteiger partial charge is 0.477 e. The number of rotatable bonds is 5. The number of nitrogens with one attached hydrogen (secondary N) is 2. The van der Waals surface area contributed by atoms with E-state index in [1.807, 2.05) is 0 Å². The number of carboxylic acid groups (broad SMARTS) is 1. The first-order valence-electron chi connectivity index (χ1n) is 5.58. The smallest absolute Gasteiger partial charge is 0.354 e. The molecule has 8 nitrogen and oxygen atoms in total. The number of aromatic carboxylic acids is 1. The average Bonchev–Trinajstić information content (AvgIpc) is 2.84. The predicted octanol–water partition coefficient (Wildman–Crippen LogP) is 0.290. The van der Waals surface area contributed by atoms with Gasteiger partial charge in [0, 0.05) is 12.7 Å². The maximum atomic E-state index is 11.9. The summed E-state index contributed by atoms with van der Waals surface area (Å²) in [5.74, 6) is -0.636. The van der Waals surface area contributed by atoms with Gasteiger partial charge in [0.05, 0.1) is 6.20 Å². The van der Waals surface area contributed by atoms with Gasteiger partial charge >= 0.3 is 5.97 Å². The second kappa shape index (κ2) is 5.39. The normalized spacial score (nSPS) is 11.4. The summed E-state index contributed by atoms with van der Waals surface area (Å²) in [6, 6.07) is 2.81. The summed E-state index contributed by atoms with van der Waals surface area (Å²) in [6.45, 7) is 1.65. The third-order valence-electron chi connectivity index (χ3n) is 2.48. The standard InChI is InChI=1S/C11H12N4O4S/c1-7-12-6-10(15-7)20(18,19)14-5-8-2-3-9(11(16)17)13-4-8/h2-4,6,14H,5H2,1H3,(H,12,15)(H,16,17). The summed E-state index contributed by atoms with van der Waals surface area (Å²) in [4.78, 5) is 20.8. The van der Waals surface area contributed by atoms with Crippen LogP contribution >= 0.6 is 0 Å². The number of carbonyl (C=O) groups is 1. The van der Waals surface area contributed by atoms with E-state index in [9.17, 15) is 13.2 Å². The second-order valence-corrected chi connectivity index (χ2v) is 5.75. The van der Waals surface area contributed by atoms with Crippen LogP contribution in [-0.4, -0.2) is 34.4 Å². The molecule has 0 unspecified atom stereocenters. The molecule has 20 heavy (non-hydrogen) atoms. The van der Waals surface area contributed by atoms with Crippen LogP contribution in [0.4, 0.5) is 0 Å². The minimum Gasteiger partial charge on any atom is -0.477 e. The number of imidazole rings is 1. The summed E-state index contributed by atoms with van der Waals surface area (Å²) in [6.07, 6.45) is 2.54. The fraction of sp³-hybridized carbons (Fsp3) is 0.182. The van der Waals surface area contributed by atoms with Gasteiger partial charge in [0.1, 0.15) is 11.5 Å². The predicted molar refractivity (Wildman–Crippen MR) is 68.5 cm³/mol. The topological polar surface area (TPSA) is 125 Å². The van der Waals surface area contributed by atoms with Gasteiger partial charge in [0.25, 0.3) is 10.0 Å². The molecule has 0 atom stereocenters. The lowest BCUT2D eigenvalue weighted by Gasteiger charge is -2.04. The van der Waals surface area contributed by atoms with Crippen molar-refractivity contribution in [3.05, 3.63) is 41.6 Å². The molecular formula is C11H12N4O4S. The van der Waals surface area contributed by atoms with Crippen LogP contribution in [0.15, 0.2) is 29.6 Å². The lowest BCUT2D eigenvalue weighted by Crippen LogP contribution is -2.23. The summed E-state index contributed by atoms with van der Waals surface area (Å²) < 4.78 is 26.2. The van der Waals surface area contributed by atoms with Crippen molar-refractivity contribution in [2.24, 2.45) is 0 Å². The Bertz CT molecular complexity index is 721. The highest BCUT2D eigenvalue weighted by molar-refractivity contribution is 7.89. The van der Waals surface area contributed by atoms with Gasteiger partial charge in [-0.3, -0.25) is 0 Å². The Morgan fingerprint density at radius 2 is 2.10 bits per heavy atom. The fourth-order valence-electron chi connectivity index (χ4n) is 1.45. The number of hydrogen-bond acceptors (Lipinski definition) is 5. The summed E-state index contributed by atoms with van der Waals surface area (Å²) in [5.41, 5.74) is 0.454. The molecule has 0 amide bonds. The lowest BCUT2D eigenvalue weighted by atomic mass is 10.2. The van der Waals surface area contributed by atoms with E-state index in [1.54, 1.807) is 6.92 Å². The zero-order valence-corrected chi connectivity index (χ0v) is 11.3. The van der Waals surface area contributed by atoms with Gasteiger partial charge < -0.3 is 10.1 Å². The third-order valence-corrected chi connectivity index (χ3v) is 3.79. The van der Waals surface area contributed by atoms with E-state index in [1.165, 1.54) is 24.5 Å². The number of sulfonamides is 1. The molecule has 0 aliphatic heterocycles. The molecule has 0 aliphatic rings. The minimum atomic E-state index is -3.68. The average molecular weight is 296 g/mol. The van der Waals surface area contributed by atoms with Crippen LogP contribution in [0.25, 0.3) is 0 Å². The molecule has 0 saturated carbocycles. The molecule has 2 aromatic heterocycles. The van der Waals surface area contributed by atoms with E-state index in [4.69, 9.17) is 5.11 Å². The van der Waals surface area contributed by atoms with Crippen molar-refractivity contribution in [3.63, 3.8) is 0 Å². The number of hydrogen-bond donors (Lipinski definition) is 3. The van der Waals surface area contributed by atoms with E-state index < -0.39 is 16.0 Å². The van der Waals surface area contributed by atoms with Gasteiger partial charge in [-0.05, 0) is 18.6 Å². The molecule has 2 aromatic rings. The van der Waals surface area contributed by atoms with Crippen LogP contribution in [0.2, 0.25) is 0 Å². The van der Waals surface area contributed by atoms with Gasteiger partial charge in [0.2, 0.25) is 0 Å². The van der Waals surface area contributed by atoms with Crippen molar-refractivity contribution in [2.45, 2.75) is 18.5 Å². The molecule has 0 fully saturated rings. The Labute approximate surface area is 114 Å². The van der Waals surface area contributed by atoms with Crippen molar-refractivity contribution < 1.29 is 18.3 Å². The van der Waals surface area contributed by atoms with Crippen LogP contribution < -0.4 is 4.72 Å². The van der Waals surface area contributed by atoms with Crippen molar-refractivity contribution >= 4 is 16.0 Å². The Morgan fingerprint density at radius 1 is 1.35 bits per heavy atom. The number of carboxylic acids is 1. The second-order valence-electron chi connectivity index (χ2n) is 4.01. The molecule has 0 spiro atoms. The van der Waals surface area contributed by atoms with Gasteiger partial charge in [-0.1, -0.05) is 6.07 Å². The van der Waals surface area contributed by atoms with Crippen molar-refractivity contribution in [3.8, 4) is 0 Å². The highest BCUT2D eigenvalue weighted by atomic mass is 32.2. The van der Waals surface area contributed by atoms with Crippen molar-refractivity contribution in [2.75, 3.05) is 0 Å². The van der Waals surface area contributed by atoms with Crippen LogP contribution in [-0.2, 0) is 16.6 Å². The summed E-state index contributed by atoms with van der Waals surface area (Å²) >= 11 is 0. The van der Waals surface area contributed by atoms with E-state index in [-0.39, 0.29) is 17.3 Å². The highest BCUT2D eigenvalue weighted by Crippen LogP contribution is 2.07. The Kier molecular flexibility index (Phi) is 3.81. The molecule has 0 bridgehead atoms. The summed E-state index contributed by atoms with van der Waals surface area (Å²) in [7, 11) is -3.68. The maximum absolute atomic E-state index is 11.9. The van der Waals surface area contributed by atoms with E-state index >= 15 is 0 Å². The molecule has 0 saturated heterocycles. The molecule has 3 N–H and O–H groups in total. The first kappa shape index (κ1) is 14.2. The van der Waals surface area contributed by atoms with Crippen LogP contribution in [0.5, 0.6) is 0 Å². The molecule has 0 radical (unpaired) electrons. The SMILES string of the molecule is Cc1ncc(S(=O)(=O)NCc2ccc(C(=O)O)nc2)[nH]1. The van der Waals surface area contributed by atoms with Gasteiger partial charge in [0.15, 0.2) is 5.03 Å². The maximum Gasteiger partial charge on any atom is 0.354 e. The quantitative estimate of drug-likeness (QED) is 0.728. The van der Waals surface area contributed by atoms with Gasteiger partial charge in [-0.15, -0.1) is 0 Å². The van der Waals surface area contributed by atoms with E-state index in [0.29, 0.717) is 11.4 Å². The number of pyridine rings is 1. The van der Waals surface area contributed by atoms with Crippen LogP contribution in [0, 0.1) is 6.92 Å². The fourth-order valence-corrected chi connectivity index (χ4v) is 2.43. The highest BCUT2D eigenvalue weighted by Gasteiger charge is 2.16. The Morgan fingerprint density at radius 3 is 2.60 bits per heavy atom. The molecule has 2 rings (SSSR count). The Hall–Kier alpha value is -2.26. The molecule has 2 heterocycles. The van der Waals surface area contributed by atoms with Gasteiger partial charge in [-0.25, -0.2) is 27.9 Å². The van der Waals surface area contributed by atoms with Crippen molar-refractivity contribution in [1.29, 1.82) is 0 Å². The molecule has 0 aromatic carbocycles. The van der Waals surface area contributed by atoms with Crippen LogP contribution in [0.3, 0.4) is 0 Å². The first-order chi connectivity index (χ1) is 9.38. The first-order valence-corrected chi connectivity index (χ1v) is 7.06. The third kappa shape index (κ3) is 3.19. The van der Waals surface area contributed by atoms with E-state index in [0.717, 1.165) is 0 Å². The number of aromatic amines is 1. The zero-order valence-electron chi connectivity index (χ0n) is 10.5.